The summed E-state index contributed by atoms with van der Waals surface area (Å²) in [6.45, 7) is 5.25. The van der Waals surface area contributed by atoms with Crippen LogP contribution in [0.3, 0.4) is 0 Å². The zero-order valence-electron chi connectivity index (χ0n) is 24.1. The predicted octanol–water partition coefficient (Wildman–Crippen LogP) is 2.83. The number of rotatable bonds is 9. The molecule has 2 aliphatic rings. The summed E-state index contributed by atoms with van der Waals surface area (Å²) in [6, 6.07) is 6.81. The van der Waals surface area contributed by atoms with E-state index in [-0.39, 0.29) is 23.3 Å². The van der Waals surface area contributed by atoms with Crippen molar-refractivity contribution in [1.29, 1.82) is 0 Å². The van der Waals surface area contributed by atoms with Gasteiger partial charge < -0.3 is 34.6 Å². The van der Waals surface area contributed by atoms with E-state index in [1.807, 2.05) is 17.0 Å². The minimum absolute atomic E-state index is 0.147. The molecule has 1 saturated heterocycles. The molecule has 2 amide bonds. The van der Waals surface area contributed by atoms with Gasteiger partial charge in [-0.05, 0) is 61.2 Å². The number of aryl methyl sites for hydroxylation is 1. The number of anilines is 1. The number of carbonyl (C=O) groups excluding carboxylic acids is 2. The topological polar surface area (TPSA) is 109 Å². The van der Waals surface area contributed by atoms with E-state index < -0.39 is 0 Å². The summed E-state index contributed by atoms with van der Waals surface area (Å²) in [4.78, 5) is 42.2. The molecule has 2 aromatic carbocycles. The van der Waals surface area contributed by atoms with Crippen LogP contribution in [0.15, 0.2) is 29.1 Å². The summed E-state index contributed by atoms with van der Waals surface area (Å²) in [5.41, 5.74) is 3.51. The first-order valence-corrected chi connectivity index (χ1v) is 13.7. The number of ether oxygens (including phenoxy) is 3. The zero-order chi connectivity index (χ0) is 28.8. The van der Waals surface area contributed by atoms with Gasteiger partial charge in [0.15, 0.2) is 11.5 Å². The second kappa shape index (κ2) is 13.0. The Hall–Kier alpha value is -3.79. The highest BCUT2D eigenvalue weighted by Crippen LogP contribution is 2.50. The quantitative estimate of drug-likeness (QED) is 0.457. The SMILES string of the molecule is COc1cc2c(c(OC)c1OC)-c1ccc(NCCCC(=O)N3CCN(C)CC3)c(=O)cc1[C@H](NC(C)=O)CC2. The number of likely N-dealkylation sites (N-methyl/N-ethyl adjacent to an activating group) is 1. The molecule has 2 aromatic rings. The number of hydrogen-bond donors (Lipinski definition) is 2. The molecule has 10 nitrogen and oxygen atoms in total. The Morgan fingerprint density at radius 3 is 2.38 bits per heavy atom. The molecule has 216 valence electrons. The van der Waals surface area contributed by atoms with Crippen molar-refractivity contribution in [2.75, 3.05) is 66.4 Å². The average molecular weight is 553 g/mol. The van der Waals surface area contributed by atoms with Gasteiger partial charge in [0.2, 0.25) is 23.0 Å². The molecule has 0 saturated carbocycles. The number of carbonyl (C=O) groups is 2. The van der Waals surface area contributed by atoms with Gasteiger partial charge in [-0.15, -0.1) is 0 Å². The van der Waals surface area contributed by atoms with E-state index in [1.54, 1.807) is 33.5 Å². The van der Waals surface area contributed by atoms with Crippen LogP contribution in [-0.2, 0) is 16.0 Å². The predicted molar refractivity (Wildman–Crippen MR) is 154 cm³/mol. The third-order valence-electron chi connectivity index (χ3n) is 7.65. The third-order valence-corrected chi connectivity index (χ3v) is 7.65. The van der Waals surface area contributed by atoms with Gasteiger partial charge in [0.1, 0.15) is 0 Å². The normalized spacial score (nSPS) is 16.7. The lowest BCUT2D eigenvalue weighted by atomic mass is 9.95. The minimum atomic E-state index is -0.365. The largest absolute Gasteiger partial charge is 0.493 e. The highest BCUT2D eigenvalue weighted by Gasteiger charge is 2.29. The lowest BCUT2D eigenvalue weighted by molar-refractivity contribution is -0.132. The van der Waals surface area contributed by atoms with Crippen LogP contribution in [0.2, 0.25) is 0 Å². The van der Waals surface area contributed by atoms with Crippen molar-refractivity contribution in [2.45, 2.75) is 38.6 Å². The lowest BCUT2D eigenvalue weighted by Crippen LogP contribution is -2.47. The molecule has 1 atom stereocenters. The van der Waals surface area contributed by atoms with Gasteiger partial charge in [-0.25, -0.2) is 0 Å². The molecule has 0 aromatic heterocycles. The Bertz CT molecular complexity index is 1310. The van der Waals surface area contributed by atoms with Crippen LogP contribution in [0.4, 0.5) is 5.69 Å². The molecule has 1 aliphatic heterocycles. The van der Waals surface area contributed by atoms with Gasteiger partial charge in [-0.2, -0.15) is 0 Å². The fraction of sp³-hybridized carbons (Fsp3) is 0.500. The van der Waals surface area contributed by atoms with E-state index in [1.165, 1.54) is 6.92 Å². The van der Waals surface area contributed by atoms with Crippen molar-refractivity contribution >= 4 is 17.5 Å². The maximum absolute atomic E-state index is 13.4. The Morgan fingerprint density at radius 1 is 1.00 bits per heavy atom. The summed E-state index contributed by atoms with van der Waals surface area (Å²) in [6.07, 6.45) is 2.27. The van der Waals surface area contributed by atoms with Crippen LogP contribution in [-0.4, -0.2) is 82.7 Å². The first-order valence-electron chi connectivity index (χ1n) is 13.7. The monoisotopic (exact) mass is 552 g/mol. The number of amides is 2. The van der Waals surface area contributed by atoms with Gasteiger partial charge >= 0.3 is 0 Å². The summed E-state index contributed by atoms with van der Waals surface area (Å²) < 4.78 is 17.1. The standard InChI is InChI=1S/C30H40N4O6/c1-19(35)32-23-10-8-20-17-26(38-3)29(39-4)30(40-5)28(20)21-9-11-24(25(36)18-22(21)23)31-12-6-7-27(37)34-15-13-33(2)14-16-34/h9,11,17-18,23H,6-8,10,12-16H2,1-5H3,(H,31,36)(H,32,35)/t23-/m1/s1. The third kappa shape index (κ3) is 6.33. The van der Waals surface area contributed by atoms with Crippen molar-refractivity contribution in [1.82, 2.24) is 15.1 Å². The molecule has 0 unspecified atom stereocenters. The molecule has 2 N–H and O–H groups in total. The molecule has 0 radical (unpaired) electrons. The summed E-state index contributed by atoms with van der Waals surface area (Å²) in [5, 5.41) is 6.25. The molecular weight excluding hydrogens is 512 g/mol. The summed E-state index contributed by atoms with van der Waals surface area (Å²) in [5.74, 6) is 1.50. The Kier molecular flexibility index (Phi) is 9.52. The van der Waals surface area contributed by atoms with E-state index in [0.717, 1.165) is 42.9 Å². The summed E-state index contributed by atoms with van der Waals surface area (Å²) >= 11 is 0. The van der Waals surface area contributed by atoms with E-state index >= 15 is 0 Å². The van der Waals surface area contributed by atoms with Crippen LogP contribution in [0, 0.1) is 0 Å². The number of nitrogens with zero attached hydrogens (tertiary/aromatic N) is 2. The Labute approximate surface area is 235 Å². The average Bonchev–Trinajstić information content (AvgIpc) is 3.18. The van der Waals surface area contributed by atoms with Gasteiger partial charge in [0.25, 0.3) is 0 Å². The van der Waals surface area contributed by atoms with Crippen molar-refractivity contribution < 1.29 is 23.8 Å². The van der Waals surface area contributed by atoms with Crippen molar-refractivity contribution in [3.05, 3.63) is 45.6 Å². The maximum atomic E-state index is 13.4. The second-order valence-electron chi connectivity index (χ2n) is 10.3. The van der Waals surface area contributed by atoms with E-state index in [4.69, 9.17) is 14.2 Å². The molecular formula is C30H40N4O6. The zero-order valence-corrected chi connectivity index (χ0v) is 24.1. The van der Waals surface area contributed by atoms with Gasteiger partial charge in [0, 0.05) is 51.6 Å². The van der Waals surface area contributed by atoms with Crippen molar-refractivity contribution in [3.8, 4) is 28.4 Å². The number of benzene rings is 1. The lowest BCUT2D eigenvalue weighted by Gasteiger charge is -2.32. The van der Waals surface area contributed by atoms with Crippen LogP contribution >= 0.6 is 0 Å². The van der Waals surface area contributed by atoms with Crippen LogP contribution in [0.5, 0.6) is 17.2 Å². The molecule has 0 spiro atoms. The number of nitrogens with one attached hydrogen (secondary N) is 2. The first-order chi connectivity index (χ1) is 19.3. The van der Waals surface area contributed by atoms with Gasteiger partial charge in [0.05, 0.1) is 33.1 Å². The minimum Gasteiger partial charge on any atom is -0.493 e. The second-order valence-corrected chi connectivity index (χ2v) is 10.3. The van der Waals surface area contributed by atoms with Gasteiger partial charge in [-0.3, -0.25) is 14.4 Å². The van der Waals surface area contributed by atoms with Crippen LogP contribution in [0.25, 0.3) is 11.1 Å². The molecule has 4 rings (SSSR count). The van der Waals surface area contributed by atoms with Crippen molar-refractivity contribution in [2.24, 2.45) is 0 Å². The Morgan fingerprint density at radius 2 is 1.73 bits per heavy atom. The molecule has 1 aliphatic carbocycles. The maximum Gasteiger partial charge on any atom is 0.222 e. The Balaban J connectivity index is 1.64. The van der Waals surface area contributed by atoms with Crippen molar-refractivity contribution in [3.63, 3.8) is 0 Å². The van der Waals surface area contributed by atoms with Crippen LogP contribution in [0.1, 0.15) is 43.4 Å². The molecule has 0 bridgehead atoms. The number of methoxy groups -OCH3 is 3. The van der Waals surface area contributed by atoms with Gasteiger partial charge in [-0.1, -0.05) is 6.07 Å². The molecule has 1 heterocycles. The number of hydrogen-bond acceptors (Lipinski definition) is 8. The van der Waals surface area contributed by atoms with E-state index in [0.29, 0.717) is 60.7 Å². The first kappa shape index (κ1) is 29.2. The molecule has 40 heavy (non-hydrogen) atoms. The summed E-state index contributed by atoms with van der Waals surface area (Å²) in [7, 11) is 6.77. The van der Waals surface area contributed by atoms with E-state index in [9.17, 15) is 14.4 Å². The highest BCUT2D eigenvalue weighted by atomic mass is 16.5. The molecule has 10 heteroatoms. The van der Waals surface area contributed by atoms with Crippen LogP contribution < -0.4 is 30.3 Å². The number of piperazine rings is 1. The molecule has 1 fully saturated rings. The fourth-order valence-corrected chi connectivity index (χ4v) is 5.53. The fourth-order valence-electron chi connectivity index (χ4n) is 5.53. The smallest absolute Gasteiger partial charge is 0.222 e. The number of fused-ring (bicyclic) bond motifs is 3. The highest BCUT2D eigenvalue weighted by molar-refractivity contribution is 5.83. The van der Waals surface area contributed by atoms with E-state index in [2.05, 4.69) is 22.6 Å².